The summed E-state index contributed by atoms with van der Waals surface area (Å²) in [5.41, 5.74) is 9.54. The second-order valence-electron chi connectivity index (χ2n) is 3.95. The highest BCUT2D eigenvalue weighted by atomic mass is 35.5. The van der Waals surface area contributed by atoms with Crippen LogP contribution in [0.3, 0.4) is 0 Å². The van der Waals surface area contributed by atoms with Crippen molar-refractivity contribution in [2.24, 2.45) is 5.73 Å². The highest BCUT2D eigenvalue weighted by molar-refractivity contribution is 6.30. The number of hydrogen-bond acceptors (Lipinski definition) is 1. The molecule has 2 nitrogen and oxygen atoms in total. The lowest BCUT2D eigenvalue weighted by Crippen LogP contribution is -2.11. The number of aryl methyl sites for hydroxylation is 1. The van der Waals surface area contributed by atoms with E-state index in [1.165, 1.54) is 0 Å². The SMILES string of the molecule is Cc1ccc(C(=N)N)cc1-c1ccc(Cl)cc1. The third-order valence-corrected chi connectivity index (χ3v) is 2.96. The van der Waals surface area contributed by atoms with Gasteiger partial charge in [0.1, 0.15) is 5.84 Å². The molecule has 3 heteroatoms. The number of rotatable bonds is 2. The molecule has 0 aliphatic heterocycles. The van der Waals surface area contributed by atoms with Gasteiger partial charge in [0.2, 0.25) is 0 Å². The Balaban J connectivity index is 2.54. The lowest BCUT2D eigenvalue weighted by atomic mass is 9.98. The molecule has 0 amide bonds. The summed E-state index contributed by atoms with van der Waals surface area (Å²) in [5, 5.41) is 8.17. The van der Waals surface area contributed by atoms with Gasteiger partial charge in [-0.05, 0) is 41.8 Å². The first-order chi connectivity index (χ1) is 8.08. The summed E-state index contributed by atoms with van der Waals surface area (Å²) in [4.78, 5) is 0. The number of nitrogens with one attached hydrogen (secondary N) is 1. The smallest absolute Gasteiger partial charge is 0.122 e. The molecule has 0 aliphatic rings. The van der Waals surface area contributed by atoms with E-state index >= 15 is 0 Å². The molecule has 2 rings (SSSR count). The van der Waals surface area contributed by atoms with Crippen molar-refractivity contribution in [2.45, 2.75) is 6.92 Å². The van der Waals surface area contributed by atoms with Crippen LogP contribution >= 0.6 is 11.6 Å². The summed E-state index contributed by atoms with van der Waals surface area (Å²) in [7, 11) is 0. The predicted molar refractivity (Wildman–Crippen MR) is 72.6 cm³/mol. The van der Waals surface area contributed by atoms with E-state index in [4.69, 9.17) is 22.7 Å². The largest absolute Gasteiger partial charge is 0.384 e. The second-order valence-corrected chi connectivity index (χ2v) is 4.39. The molecule has 0 heterocycles. The van der Waals surface area contributed by atoms with Crippen molar-refractivity contribution >= 4 is 17.4 Å². The van der Waals surface area contributed by atoms with E-state index in [1.807, 2.05) is 49.4 Å². The molecule has 3 N–H and O–H groups in total. The lowest BCUT2D eigenvalue weighted by molar-refractivity contribution is 1.39. The number of halogens is 1. The second kappa shape index (κ2) is 4.60. The molecule has 0 radical (unpaired) electrons. The van der Waals surface area contributed by atoms with Gasteiger partial charge in [-0.15, -0.1) is 0 Å². The fraction of sp³-hybridized carbons (Fsp3) is 0.0714. The highest BCUT2D eigenvalue weighted by Crippen LogP contribution is 2.25. The van der Waals surface area contributed by atoms with Crippen LogP contribution in [-0.4, -0.2) is 5.84 Å². The van der Waals surface area contributed by atoms with Crippen LogP contribution in [0.2, 0.25) is 5.02 Å². The Morgan fingerprint density at radius 2 is 1.76 bits per heavy atom. The average molecular weight is 245 g/mol. The third kappa shape index (κ3) is 2.48. The van der Waals surface area contributed by atoms with Crippen molar-refractivity contribution in [3.8, 4) is 11.1 Å². The molecule has 0 saturated heterocycles. The van der Waals surface area contributed by atoms with E-state index in [2.05, 4.69) is 0 Å². The van der Waals surface area contributed by atoms with E-state index in [1.54, 1.807) is 0 Å². The van der Waals surface area contributed by atoms with Crippen molar-refractivity contribution < 1.29 is 0 Å². The summed E-state index contributed by atoms with van der Waals surface area (Å²) in [5.74, 6) is 0.0835. The average Bonchev–Trinajstić information content (AvgIpc) is 2.31. The summed E-state index contributed by atoms with van der Waals surface area (Å²) >= 11 is 5.87. The quantitative estimate of drug-likeness (QED) is 0.616. The molecular weight excluding hydrogens is 232 g/mol. The van der Waals surface area contributed by atoms with Gasteiger partial charge in [-0.2, -0.15) is 0 Å². The van der Waals surface area contributed by atoms with Crippen LogP contribution in [-0.2, 0) is 0 Å². The minimum Gasteiger partial charge on any atom is -0.384 e. The van der Waals surface area contributed by atoms with Gasteiger partial charge in [0, 0.05) is 10.6 Å². The van der Waals surface area contributed by atoms with Crippen molar-refractivity contribution in [3.05, 3.63) is 58.6 Å². The van der Waals surface area contributed by atoms with E-state index in [0.717, 1.165) is 22.3 Å². The molecule has 86 valence electrons. The van der Waals surface area contributed by atoms with Gasteiger partial charge >= 0.3 is 0 Å². The molecule has 0 atom stereocenters. The van der Waals surface area contributed by atoms with Crippen LogP contribution in [0.4, 0.5) is 0 Å². The van der Waals surface area contributed by atoms with Crippen molar-refractivity contribution in [1.29, 1.82) is 5.41 Å². The van der Waals surface area contributed by atoms with E-state index in [9.17, 15) is 0 Å². The Morgan fingerprint density at radius 1 is 1.12 bits per heavy atom. The summed E-state index contributed by atoms with van der Waals surface area (Å²) in [6.07, 6.45) is 0. The molecule has 2 aromatic rings. The maximum Gasteiger partial charge on any atom is 0.122 e. The molecule has 0 fully saturated rings. The molecule has 2 aromatic carbocycles. The first-order valence-corrected chi connectivity index (χ1v) is 5.67. The minimum absolute atomic E-state index is 0.0835. The van der Waals surface area contributed by atoms with Crippen LogP contribution in [0, 0.1) is 12.3 Å². The summed E-state index contributed by atoms with van der Waals surface area (Å²) in [6.45, 7) is 2.04. The van der Waals surface area contributed by atoms with Crippen LogP contribution in [0.25, 0.3) is 11.1 Å². The van der Waals surface area contributed by atoms with Gasteiger partial charge in [0.05, 0.1) is 0 Å². The third-order valence-electron chi connectivity index (χ3n) is 2.70. The molecule has 0 aliphatic carbocycles. The maximum atomic E-state index is 7.46. The summed E-state index contributed by atoms with van der Waals surface area (Å²) in [6, 6.07) is 13.4. The number of amidine groups is 1. The van der Waals surface area contributed by atoms with Gasteiger partial charge in [0.15, 0.2) is 0 Å². The zero-order valence-corrected chi connectivity index (χ0v) is 10.3. The Bertz CT molecular complexity index is 559. The molecule has 0 spiro atoms. The lowest BCUT2D eigenvalue weighted by Gasteiger charge is -2.08. The van der Waals surface area contributed by atoms with Gasteiger partial charge in [-0.25, -0.2) is 0 Å². The first kappa shape index (κ1) is 11.7. The molecule has 0 aromatic heterocycles. The molecular formula is C14H13ClN2. The highest BCUT2D eigenvalue weighted by Gasteiger charge is 2.05. The molecule has 0 bridgehead atoms. The zero-order chi connectivity index (χ0) is 12.4. The molecule has 0 unspecified atom stereocenters. The number of benzene rings is 2. The van der Waals surface area contributed by atoms with Gasteiger partial charge in [-0.1, -0.05) is 35.9 Å². The molecule has 17 heavy (non-hydrogen) atoms. The maximum absolute atomic E-state index is 7.46. The number of hydrogen-bond donors (Lipinski definition) is 2. The first-order valence-electron chi connectivity index (χ1n) is 5.29. The Morgan fingerprint density at radius 3 is 2.35 bits per heavy atom. The van der Waals surface area contributed by atoms with Crippen LogP contribution < -0.4 is 5.73 Å². The van der Waals surface area contributed by atoms with Crippen LogP contribution in [0.1, 0.15) is 11.1 Å². The Labute approximate surface area is 106 Å². The Hall–Kier alpha value is -1.80. The topological polar surface area (TPSA) is 49.9 Å². The summed E-state index contributed by atoms with van der Waals surface area (Å²) < 4.78 is 0. The van der Waals surface area contributed by atoms with E-state index in [-0.39, 0.29) is 5.84 Å². The van der Waals surface area contributed by atoms with E-state index < -0.39 is 0 Å². The van der Waals surface area contributed by atoms with Gasteiger partial charge in [0.25, 0.3) is 0 Å². The number of nitrogens with two attached hydrogens (primary N) is 1. The van der Waals surface area contributed by atoms with Gasteiger partial charge < -0.3 is 5.73 Å². The van der Waals surface area contributed by atoms with Crippen molar-refractivity contribution in [3.63, 3.8) is 0 Å². The van der Waals surface area contributed by atoms with Crippen LogP contribution in [0.5, 0.6) is 0 Å². The predicted octanol–water partition coefficient (Wildman–Crippen LogP) is 3.60. The fourth-order valence-electron chi connectivity index (χ4n) is 1.73. The standard InChI is InChI=1S/C14H13ClN2/c1-9-2-3-11(14(16)17)8-13(9)10-4-6-12(15)7-5-10/h2-8H,1H3,(H3,16,17). The molecule has 0 saturated carbocycles. The van der Waals surface area contributed by atoms with Crippen molar-refractivity contribution in [2.75, 3.05) is 0 Å². The normalized spacial score (nSPS) is 10.2. The monoisotopic (exact) mass is 244 g/mol. The zero-order valence-electron chi connectivity index (χ0n) is 9.50. The van der Waals surface area contributed by atoms with Crippen LogP contribution in [0.15, 0.2) is 42.5 Å². The fourth-order valence-corrected chi connectivity index (χ4v) is 1.86. The van der Waals surface area contributed by atoms with E-state index in [0.29, 0.717) is 5.02 Å². The minimum atomic E-state index is 0.0835. The number of nitrogen functional groups attached to an aromatic ring is 1. The Kier molecular flexibility index (Phi) is 3.16. The van der Waals surface area contributed by atoms with Gasteiger partial charge in [-0.3, -0.25) is 5.41 Å². The van der Waals surface area contributed by atoms with Crippen molar-refractivity contribution in [1.82, 2.24) is 0 Å².